The van der Waals surface area contributed by atoms with E-state index in [1.807, 2.05) is 6.07 Å². The number of halogens is 1. The van der Waals surface area contributed by atoms with Crippen LogP contribution >= 0.6 is 15.9 Å². The average molecular weight is 306 g/mol. The number of sulfone groups is 1. The number of benzene rings is 1. The van der Waals surface area contributed by atoms with Gasteiger partial charge in [0.05, 0.1) is 10.6 Å². The Balaban J connectivity index is 2.41. The maximum Gasteiger partial charge on any atom is 0.178 e. The second-order valence-corrected chi connectivity index (χ2v) is 6.33. The lowest BCUT2D eigenvalue weighted by atomic mass is 10.4. The van der Waals surface area contributed by atoms with Gasteiger partial charge in [0.1, 0.15) is 0 Å². The molecule has 0 saturated carbocycles. The zero-order valence-corrected chi connectivity index (χ0v) is 11.4. The maximum atomic E-state index is 11.8. The Kier molecular flexibility index (Phi) is 6.01. The Morgan fingerprint density at radius 1 is 1.12 bits per heavy atom. The van der Waals surface area contributed by atoms with E-state index in [2.05, 4.69) is 21.2 Å². The van der Waals surface area contributed by atoms with Gasteiger partial charge in [-0.2, -0.15) is 0 Å². The Bertz CT molecular complexity index is 392. The molecule has 0 amide bonds. The molecule has 0 aromatic heterocycles. The zero-order valence-electron chi connectivity index (χ0n) is 9.02. The van der Waals surface area contributed by atoms with Gasteiger partial charge in [0, 0.05) is 11.9 Å². The van der Waals surface area contributed by atoms with E-state index in [-0.39, 0.29) is 5.75 Å². The molecule has 3 nitrogen and oxygen atoms in total. The molecule has 5 heteroatoms. The van der Waals surface area contributed by atoms with Crippen LogP contribution in [0.1, 0.15) is 6.42 Å². The molecule has 90 valence electrons. The summed E-state index contributed by atoms with van der Waals surface area (Å²) >= 11 is 3.30. The van der Waals surface area contributed by atoms with Crippen molar-refractivity contribution in [3.05, 3.63) is 30.3 Å². The molecule has 1 aromatic carbocycles. The second kappa shape index (κ2) is 7.04. The Labute approximate surface area is 105 Å². The van der Waals surface area contributed by atoms with Crippen molar-refractivity contribution in [3.8, 4) is 0 Å². The molecule has 0 spiro atoms. The van der Waals surface area contributed by atoms with Crippen LogP contribution < -0.4 is 5.32 Å². The van der Waals surface area contributed by atoms with E-state index in [0.29, 0.717) is 11.3 Å². The van der Waals surface area contributed by atoms with E-state index in [1.54, 1.807) is 24.3 Å². The first-order valence-electron chi connectivity index (χ1n) is 5.21. The zero-order chi connectivity index (χ0) is 11.9. The van der Waals surface area contributed by atoms with Gasteiger partial charge in [-0.1, -0.05) is 34.1 Å². The van der Waals surface area contributed by atoms with Gasteiger partial charge in [0.25, 0.3) is 0 Å². The van der Waals surface area contributed by atoms with Crippen LogP contribution in [0.5, 0.6) is 0 Å². The molecule has 0 bridgehead atoms. The van der Waals surface area contributed by atoms with Gasteiger partial charge in [0.2, 0.25) is 0 Å². The summed E-state index contributed by atoms with van der Waals surface area (Å²) in [4.78, 5) is 0.412. The Morgan fingerprint density at radius 2 is 1.81 bits per heavy atom. The fourth-order valence-corrected chi connectivity index (χ4v) is 2.94. The summed E-state index contributed by atoms with van der Waals surface area (Å²) in [6, 6.07) is 8.59. The third-order valence-corrected chi connectivity index (χ3v) is 4.35. The summed E-state index contributed by atoms with van der Waals surface area (Å²) in [6.45, 7) is 1.60. The fraction of sp³-hybridized carbons (Fsp3) is 0.455. The molecule has 0 radical (unpaired) electrons. The first-order chi connectivity index (χ1) is 7.67. The number of alkyl halides is 1. The highest BCUT2D eigenvalue weighted by Crippen LogP contribution is 2.10. The third-order valence-electron chi connectivity index (χ3n) is 2.14. The highest BCUT2D eigenvalue weighted by molar-refractivity contribution is 9.09. The quantitative estimate of drug-likeness (QED) is 0.617. The van der Waals surface area contributed by atoms with Gasteiger partial charge in [-0.15, -0.1) is 0 Å². The van der Waals surface area contributed by atoms with E-state index in [9.17, 15) is 8.42 Å². The monoisotopic (exact) mass is 305 g/mol. The van der Waals surface area contributed by atoms with Gasteiger partial charge >= 0.3 is 0 Å². The molecule has 0 fully saturated rings. The molecule has 0 aliphatic carbocycles. The lowest BCUT2D eigenvalue weighted by Crippen LogP contribution is -2.20. The van der Waals surface area contributed by atoms with Crippen LogP contribution in [0.2, 0.25) is 0 Å². The van der Waals surface area contributed by atoms with Crippen LogP contribution in [0.15, 0.2) is 35.2 Å². The number of hydrogen-bond acceptors (Lipinski definition) is 3. The van der Waals surface area contributed by atoms with Crippen LogP contribution in [-0.2, 0) is 9.84 Å². The largest absolute Gasteiger partial charge is 0.316 e. The van der Waals surface area contributed by atoms with E-state index in [1.165, 1.54) is 0 Å². The molecule has 0 aliphatic heterocycles. The molecule has 0 saturated heterocycles. The summed E-state index contributed by atoms with van der Waals surface area (Å²) in [6.07, 6.45) is 0.643. The fourth-order valence-electron chi connectivity index (χ4n) is 1.32. The van der Waals surface area contributed by atoms with Crippen molar-refractivity contribution in [3.63, 3.8) is 0 Å². The molecule has 0 aliphatic rings. The standard InChI is InChI=1S/C11H16BrNO2S/c12-7-9-13-8-4-10-16(14,15)11-5-2-1-3-6-11/h1-3,5-6,13H,4,7-10H2. The van der Waals surface area contributed by atoms with Gasteiger partial charge in [0.15, 0.2) is 9.84 Å². The molecular formula is C11H16BrNO2S. The van der Waals surface area contributed by atoms with Crippen LogP contribution in [0, 0.1) is 0 Å². The summed E-state index contributed by atoms with van der Waals surface area (Å²) < 4.78 is 23.7. The van der Waals surface area contributed by atoms with Gasteiger partial charge < -0.3 is 5.32 Å². The minimum absolute atomic E-state index is 0.201. The summed E-state index contributed by atoms with van der Waals surface area (Å²) in [5.74, 6) is 0.201. The number of nitrogens with one attached hydrogen (secondary N) is 1. The first-order valence-corrected chi connectivity index (χ1v) is 7.98. The third kappa shape index (κ3) is 4.63. The van der Waals surface area contributed by atoms with E-state index in [0.717, 1.165) is 18.4 Å². The average Bonchev–Trinajstić information content (AvgIpc) is 2.30. The van der Waals surface area contributed by atoms with Crippen molar-refractivity contribution in [2.45, 2.75) is 11.3 Å². The Hall–Kier alpha value is -0.390. The predicted octanol–water partition coefficient (Wildman–Crippen LogP) is 1.83. The summed E-state index contributed by atoms with van der Waals surface area (Å²) in [5, 5.41) is 4.04. The van der Waals surface area contributed by atoms with Crippen molar-refractivity contribution >= 4 is 25.8 Å². The molecule has 0 unspecified atom stereocenters. The molecular weight excluding hydrogens is 290 g/mol. The molecule has 0 atom stereocenters. The number of hydrogen-bond donors (Lipinski definition) is 1. The minimum Gasteiger partial charge on any atom is -0.316 e. The normalized spacial score (nSPS) is 11.6. The lowest BCUT2D eigenvalue weighted by molar-refractivity contribution is 0.590. The lowest BCUT2D eigenvalue weighted by Gasteiger charge is -2.04. The van der Waals surface area contributed by atoms with E-state index in [4.69, 9.17) is 0 Å². The molecule has 1 aromatic rings. The van der Waals surface area contributed by atoms with Crippen LogP contribution in [0.25, 0.3) is 0 Å². The molecule has 16 heavy (non-hydrogen) atoms. The minimum atomic E-state index is -3.10. The van der Waals surface area contributed by atoms with Crippen molar-refractivity contribution in [2.24, 2.45) is 0 Å². The SMILES string of the molecule is O=S(=O)(CCCNCCBr)c1ccccc1. The van der Waals surface area contributed by atoms with Crippen molar-refractivity contribution in [1.82, 2.24) is 5.32 Å². The smallest absolute Gasteiger partial charge is 0.178 e. The van der Waals surface area contributed by atoms with Gasteiger partial charge in [-0.3, -0.25) is 0 Å². The molecule has 0 heterocycles. The molecule has 1 rings (SSSR count). The van der Waals surface area contributed by atoms with Crippen LogP contribution in [0.3, 0.4) is 0 Å². The van der Waals surface area contributed by atoms with Gasteiger partial charge in [-0.25, -0.2) is 8.42 Å². The Morgan fingerprint density at radius 3 is 2.44 bits per heavy atom. The van der Waals surface area contributed by atoms with Crippen molar-refractivity contribution in [1.29, 1.82) is 0 Å². The van der Waals surface area contributed by atoms with Crippen molar-refractivity contribution < 1.29 is 8.42 Å². The summed E-state index contributed by atoms with van der Waals surface area (Å²) in [7, 11) is -3.10. The second-order valence-electron chi connectivity index (χ2n) is 3.42. The highest BCUT2D eigenvalue weighted by atomic mass is 79.9. The predicted molar refractivity (Wildman–Crippen MR) is 69.8 cm³/mol. The van der Waals surface area contributed by atoms with Crippen molar-refractivity contribution in [2.75, 3.05) is 24.2 Å². The number of rotatable bonds is 7. The molecule has 1 N–H and O–H groups in total. The van der Waals surface area contributed by atoms with Gasteiger partial charge in [-0.05, 0) is 25.1 Å². The van der Waals surface area contributed by atoms with E-state index >= 15 is 0 Å². The van der Waals surface area contributed by atoms with E-state index < -0.39 is 9.84 Å². The van der Waals surface area contributed by atoms with Crippen LogP contribution in [0.4, 0.5) is 0 Å². The highest BCUT2D eigenvalue weighted by Gasteiger charge is 2.12. The van der Waals surface area contributed by atoms with Crippen LogP contribution in [-0.4, -0.2) is 32.6 Å². The first kappa shape index (κ1) is 13.7. The topological polar surface area (TPSA) is 46.2 Å². The maximum absolute atomic E-state index is 11.8. The summed E-state index contributed by atoms with van der Waals surface area (Å²) in [5.41, 5.74) is 0.